The van der Waals surface area contributed by atoms with Crippen molar-refractivity contribution in [2.75, 3.05) is 18.2 Å². The van der Waals surface area contributed by atoms with Gasteiger partial charge in [0, 0.05) is 6.07 Å². The van der Waals surface area contributed by atoms with Crippen molar-refractivity contribution in [3.8, 4) is 5.75 Å². The molecule has 7 heteroatoms. The lowest BCUT2D eigenvalue weighted by Crippen LogP contribution is -1.91. The van der Waals surface area contributed by atoms with Crippen LogP contribution in [0.1, 0.15) is 5.56 Å². The Hall–Kier alpha value is -2.80. The Balaban J connectivity index is 1.74. The molecule has 0 aliphatic heterocycles. The standard InChI is InChI=1S/C16H14N4O2S/c1-8-4-3-5-11-14(8)22-15(18-11)20-16-19-13-10(17)6-9(21-2)7-12(13)23-16/h3-7H,17H2,1-2H3,(H,18,19,20). The Morgan fingerprint density at radius 3 is 2.91 bits per heavy atom. The molecule has 116 valence electrons. The van der Waals surface area contributed by atoms with E-state index in [-0.39, 0.29) is 0 Å². The molecule has 6 nitrogen and oxygen atoms in total. The number of nitrogen functional groups attached to an aromatic ring is 1. The molecule has 2 heterocycles. The van der Waals surface area contributed by atoms with E-state index < -0.39 is 0 Å². The van der Waals surface area contributed by atoms with Gasteiger partial charge in [-0.25, -0.2) is 4.98 Å². The van der Waals surface area contributed by atoms with Crippen LogP contribution < -0.4 is 15.8 Å². The van der Waals surface area contributed by atoms with Crippen LogP contribution in [0, 0.1) is 6.92 Å². The topological polar surface area (TPSA) is 86.2 Å². The zero-order valence-corrected chi connectivity index (χ0v) is 13.4. The van der Waals surface area contributed by atoms with Crippen molar-refractivity contribution in [3.63, 3.8) is 0 Å². The number of anilines is 3. The van der Waals surface area contributed by atoms with Crippen molar-refractivity contribution in [1.29, 1.82) is 0 Å². The molecule has 0 fully saturated rings. The lowest BCUT2D eigenvalue weighted by molar-refractivity contribution is 0.415. The summed E-state index contributed by atoms with van der Waals surface area (Å²) < 4.78 is 11.9. The first-order valence-electron chi connectivity index (χ1n) is 7.01. The number of rotatable bonds is 3. The number of aryl methyl sites for hydroxylation is 1. The largest absolute Gasteiger partial charge is 0.497 e. The second-order valence-corrected chi connectivity index (χ2v) is 6.18. The Morgan fingerprint density at radius 1 is 1.26 bits per heavy atom. The third-order valence-electron chi connectivity index (χ3n) is 3.56. The summed E-state index contributed by atoms with van der Waals surface area (Å²) in [4.78, 5) is 8.93. The number of nitrogens with one attached hydrogen (secondary N) is 1. The van der Waals surface area contributed by atoms with E-state index >= 15 is 0 Å². The third kappa shape index (κ3) is 2.35. The van der Waals surface area contributed by atoms with E-state index in [0.717, 1.165) is 26.9 Å². The van der Waals surface area contributed by atoms with Crippen LogP contribution in [0.3, 0.4) is 0 Å². The number of ether oxygens (including phenoxy) is 1. The van der Waals surface area contributed by atoms with Crippen LogP contribution in [0.25, 0.3) is 21.3 Å². The molecule has 2 aromatic carbocycles. The van der Waals surface area contributed by atoms with Gasteiger partial charge in [0.25, 0.3) is 0 Å². The van der Waals surface area contributed by atoms with Crippen LogP contribution in [0.2, 0.25) is 0 Å². The summed E-state index contributed by atoms with van der Waals surface area (Å²) in [7, 11) is 1.61. The molecule has 0 saturated heterocycles. The number of nitrogens with two attached hydrogens (primary N) is 1. The molecular weight excluding hydrogens is 312 g/mol. The maximum absolute atomic E-state index is 6.02. The van der Waals surface area contributed by atoms with Gasteiger partial charge in [-0.3, -0.25) is 5.32 Å². The van der Waals surface area contributed by atoms with Crippen LogP contribution in [0.4, 0.5) is 16.8 Å². The van der Waals surface area contributed by atoms with Gasteiger partial charge in [0.15, 0.2) is 10.7 Å². The Kier molecular flexibility index (Phi) is 3.09. The number of methoxy groups -OCH3 is 1. The predicted octanol–water partition coefficient (Wildman–Crippen LogP) is 4.08. The molecule has 4 rings (SSSR count). The van der Waals surface area contributed by atoms with E-state index in [0.29, 0.717) is 22.6 Å². The summed E-state index contributed by atoms with van der Waals surface area (Å²) >= 11 is 1.47. The van der Waals surface area contributed by atoms with Crippen molar-refractivity contribution in [1.82, 2.24) is 9.97 Å². The van der Waals surface area contributed by atoms with Gasteiger partial charge >= 0.3 is 6.01 Å². The molecule has 0 unspecified atom stereocenters. The van der Waals surface area contributed by atoms with Gasteiger partial charge in [-0.2, -0.15) is 4.98 Å². The number of hydrogen-bond acceptors (Lipinski definition) is 7. The number of nitrogens with zero attached hydrogens (tertiary/aromatic N) is 2. The smallest absolute Gasteiger partial charge is 0.302 e. The van der Waals surface area contributed by atoms with Crippen LogP contribution in [0.5, 0.6) is 5.75 Å². The summed E-state index contributed by atoms with van der Waals surface area (Å²) in [5.41, 5.74) is 9.97. The molecule has 0 spiro atoms. The Labute approximate surface area is 135 Å². The minimum Gasteiger partial charge on any atom is -0.497 e. The number of oxazole rings is 1. The van der Waals surface area contributed by atoms with Crippen LogP contribution in [0.15, 0.2) is 34.7 Å². The van der Waals surface area contributed by atoms with E-state index in [1.54, 1.807) is 13.2 Å². The average Bonchev–Trinajstić information content (AvgIpc) is 3.11. The highest BCUT2D eigenvalue weighted by Gasteiger charge is 2.12. The molecule has 0 aliphatic rings. The van der Waals surface area contributed by atoms with Gasteiger partial charge in [-0.05, 0) is 24.6 Å². The first-order chi connectivity index (χ1) is 11.1. The van der Waals surface area contributed by atoms with Crippen molar-refractivity contribution in [3.05, 3.63) is 35.9 Å². The highest BCUT2D eigenvalue weighted by Crippen LogP contribution is 2.35. The number of aromatic nitrogens is 2. The highest BCUT2D eigenvalue weighted by molar-refractivity contribution is 7.22. The number of benzene rings is 2. The van der Waals surface area contributed by atoms with Gasteiger partial charge in [0.1, 0.15) is 16.8 Å². The molecule has 0 bridgehead atoms. The number of thiazole rings is 1. The van der Waals surface area contributed by atoms with E-state index in [1.807, 2.05) is 31.2 Å². The summed E-state index contributed by atoms with van der Waals surface area (Å²) in [5, 5.41) is 3.78. The third-order valence-corrected chi connectivity index (χ3v) is 4.48. The van der Waals surface area contributed by atoms with Gasteiger partial charge in [-0.15, -0.1) is 0 Å². The molecule has 2 aromatic heterocycles. The van der Waals surface area contributed by atoms with E-state index in [1.165, 1.54) is 11.3 Å². The lowest BCUT2D eigenvalue weighted by Gasteiger charge is -2.00. The summed E-state index contributed by atoms with van der Waals surface area (Å²) in [6.07, 6.45) is 0. The first-order valence-corrected chi connectivity index (χ1v) is 7.83. The number of hydrogen-bond donors (Lipinski definition) is 2. The highest BCUT2D eigenvalue weighted by atomic mass is 32.1. The fourth-order valence-electron chi connectivity index (χ4n) is 2.43. The van der Waals surface area contributed by atoms with Gasteiger partial charge < -0.3 is 14.9 Å². The Bertz CT molecular complexity index is 1020. The van der Waals surface area contributed by atoms with Crippen LogP contribution >= 0.6 is 11.3 Å². The Morgan fingerprint density at radius 2 is 2.13 bits per heavy atom. The summed E-state index contributed by atoms with van der Waals surface area (Å²) in [6, 6.07) is 9.94. The molecule has 0 saturated carbocycles. The minimum atomic E-state index is 0.416. The molecule has 3 N–H and O–H groups in total. The van der Waals surface area contributed by atoms with E-state index in [2.05, 4.69) is 15.3 Å². The fraction of sp³-hybridized carbons (Fsp3) is 0.125. The average molecular weight is 326 g/mol. The lowest BCUT2D eigenvalue weighted by atomic mass is 10.2. The monoisotopic (exact) mass is 326 g/mol. The number of fused-ring (bicyclic) bond motifs is 2. The summed E-state index contributed by atoms with van der Waals surface area (Å²) in [5.74, 6) is 0.711. The van der Waals surface area contributed by atoms with Crippen molar-refractivity contribution >= 4 is 49.5 Å². The van der Waals surface area contributed by atoms with Crippen molar-refractivity contribution in [2.24, 2.45) is 0 Å². The second kappa shape index (κ2) is 5.13. The molecule has 0 amide bonds. The number of para-hydroxylation sites is 1. The zero-order valence-electron chi connectivity index (χ0n) is 12.6. The zero-order chi connectivity index (χ0) is 16.0. The van der Waals surface area contributed by atoms with E-state index in [9.17, 15) is 0 Å². The molecule has 0 atom stereocenters. The first kappa shape index (κ1) is 13.8. The van der Waals surface area contributed by atoms with Crippen molar-refractivity contribution in [2.45, 2.75) is 6.92 Å². The molecular formula is C16H14N4O2S. The van der Waals surface area contributed by atoms with E-state index in [4.69, 9.17) is 14.9 Å². The van der Waals surface area contributed by atoms with Crippen LogP contribution in [-0.2, 0) is 0 Å². The predicted molar refractivity (Wildman–Crippen MR) is 92.6 cm³/mol. The summed E-state index contributed by atoms with van der Waals surface area (Å²) in [6.45, 7) is 1.99. The minimum absolute atomic E-state index is 0.416. The quantitative estimate of drug-likeness (QED) is 0.552. The molecule has 0 aliphatic carbocycles. The maximum atomic E-state index is 6.02. The molecule has 0 radical (unpaired) electrons. The second-order valence-electron chi connectivity index (χ2n) is 5.15. The normalized spacial score (nSPS) is 11.2. The van der Waals surface area contributed by atoms with Gasteiger partial charge in [0.2, 0.25) is 0 Å². The maximum Gasteiger partial charge on any atom is 0.302 e. The molecule has 23 heavy (non-hydrogen) atoms. The van der Waals surface area contributed by atoms with Gasteiger partial charge in [0.05, 0.1) is 17.5 Å². The SMILES string of the molecule is COc1cc(N)c2nc(Nc3nc4cccc(C)c4o3)sc2c1. The fourth-order valence-corrected chi connectivity index (χ4v) is 3.35. The van der Waals surface area contributed by atoms with Crippen LogP contribution in [-0.4, -0.2) is 17.1 Å². The van der Waals surface area contributed by atoms with Crippen molar-refractivity contribution < 1.29 is 9.15 Å². The molecule has 4 aromatic rings. The van der Waals surface area contributed by atoms with Gasteiger partial charge in [-0.1, -0.05) is 23.5 Å².